The third-order valence-electron chi connectivity index (χ3n) is 4.21. The monoisotopic (exact) mass is 424 g/mol. The number of nitrogens with zero attached hydrogens (tertiary/aromatic N) is 2. The zero-order chi connectivity index (χ0) is 20.7. The summed E-state index contributed by atoms with van der Waals surface area (Å²) >= 11 is 0.818. The summed E-state index contributed by atoms with van der Waals surface area (Å²) in [6.45, 7) is 9.09. The molecule has 1 aromatic carbocycles. The van der Waals surface area contributed by atoms with Crippen LogP contribution in [0.25, 0.3) is 0 Å². The van der Waals surface area contributed by atoms with Crippen LogP contribution in [-0.2, 0) is 14.8 Å². The molecular weight excluding hydrogens is 400 g/mol. The molecule has 2 heterocycles. The van der Waals surface area contributed by atoms with Gasteiger partial charge in [-0.3, -0.25) is 4.79 Å². The standard InChI is InChI=1S/C18H24N4O4S2/c1-17(2,3)14(23)19-15-20-21-16(27-15)28(24,25)22-12-10-18(4,5)26-13-9-7-6-8-11(12)13/h6-9,12,22H,10H2,1-5H3,(H,19,20,23). The van der Waals surface area contributed by atoms with Crippen molar-refractivity contribution in [3.63, 3.8) is 0 Å². The normalized spacial score (nSPS) is 18.8. The molecule has 1 aliphatic rings. The first-order valence-electron chi connectivity index (χ1n) is 8.83. The molecule has 1 amide bonds. The van der Waals surface area contributed by atoms with E-state index in [0.29, 0.717) is 12.2 Å². The van der Waals surface area contributed by atoms with Crippen molar-refractivity contribution in [3.05, 3.63) is 29.8 Å². The Balaban J connectivity index is 1.82. The van der Waals surface area contributed by atoms with E-state index in [1.807, 2.05) is 38.1 Å². The van der Waals surface area contributed by atoms with Crippen LogP contribution in [0.4, 0.5) is 5.13 Å². The van der Waals surface area contributed by atoms with Crippen LogP contribution in [0.15, 0.2) is 28.6 Å². The molecular formula is C18H24N4O4S2. The number of carbonyl (C=O) groups is 1. The maximum Gasteiger partial charge on any atom is 0.270 e. The lowest BCUT2D eigenvalue weighted by atomic mass is 9.90. The Hall–Kier alpha value is -2.04. The summed E-state index contributed by atoms with van der Waals surface area (Å²) in [6, 6.07) is 6.89. The van der Waals surface area contributed by atoms with Crippen LogP contribution in [0.3, 0.4) is 0 Å². The van der Waals surface area contributed by atoms with Crippen LogP contribution in [0.1, 0.15) is 52.6 Å². The van der Waals surface area contributed by atoms with Crippen molar-refractivity contribution in [1.29, 1.82) is 0 Å². The number of fused-ring (bicyclic) bond motifs is 1. The van der Waals surface area contributed by atoms with E-state index in [4.69, 9.17) is 4.74 Å². The van der Waals surface area contributed by atoms with Gasteiger partial charge in [0.2, 0.25) is 15.4 Å². The number of para-hydroxylation sites is 1. The molecule has 1 aliphatic heterocycles. The fourth-order valence-electron chi connectivity index (χ4n) is 2.80. The second-order valence-electron chi connectivity index (χ2n) is 8.35. The highest BCUT2D eigenvalue weighted by Gasteiger charge is 2.37. The van der Waals surface area contributed by atoms with Crippen molar-refractivity contribution in [1.82, 2.24) is 14.9 Å². The van der Waals surface area contributed by atoms with Crippen LogP contribution in [0.2, 0.25) is 0 Å². The predicted molar refractivity (Wildman–Crippen MR) is 107 cm³/mol. The molecule has 1 atom stereocenters. The second kappa shape index (κ2) is 7.09. The van der Waals surface area contributed by atoms with Gasteiger partial charge in [-0.1, -0.05) is 50.3 Å². The quantitative estimate of drug-likeness (QED) is 0.730. The molecule has 0 bridgehead atoms. The predicted octanol–water partition coefficient (Wildman–Crippen LogP) is 3.10. The van der Waals surface area contributed by atoms with Gasteiger partial charge in [0, 0.05) is 17.4 Å². The molecule has 1 aromatic heterocycles. The number of nitrogens with one attached hydrogen (secondary N) is 2. The van der Waals surface area contributed by atoms with Crippen LogP contribution >= 0.6 is 11.3 Å². The van der Waals surface area contributed by atoms with E-state index in [2.05, 4.69) is 20.2 Å². The first kappa shape index (κ1) is 20.7. The van der Waals surface area contributed by atoms with Crippen LogP contribution in [0.5, 0.6) is 5.75 Å². The minimum atomic E-state index is -3.92. The fraction of sp³-hybridized carbons (Fsp3) is 0.500. The number of ether oxygens (including phenoxy) is 1. The molecule has 0 spiro atoms. The van der Waals surface area contributed by atoms with Crippen molar-refractivity contribution < 1.29 is 17.9 Å². The van der Waals surface area contributed by atoms with Crippen LogP contribution in [0, 0.1) is 5.41 Å². The summed E-state index contributed by atoms with van der Waals surface area (Å²) in [6.07, 6.45) is 0.468. The lowest BCUT2D eigenvalue weighted by molar-refractivity contribution is -0.123. The molecule has 152 valence electrons. The summed E-state index contributed by atoms with van der Waals surface area (Å²) < 4.78 is 34.2. The third kappa shape index (κ3) is 4.50. The van der Waals surface area contributed by atoms with E-state index >= 15 is 0 Å². The zero-order valence-electron chi connectivity index (χ0n) is 16.4. The highest BCUT2D eigenvalue weighted by Crippen LogP contribution is 2.40. The summed E-state index contributed by atoms with van der Waals surface area (Å²) in [5.74, 6) is 0.391. The van der Waals surface area contributed by atoms with Crippen LogP contribution in [-0.4, -0.2) is 30.1 Å². The minimum absolute atomic E-state index is 0.146. The maximum absolute atomic E-state index is 12.9. The Labute approximate surface area is 168 Å². The van der Waals surface area contributed by atoms with E-state index in [0.717, 1.165) is 16.9 Å². The number of anilines is 1. The minimum Gasteiger partial charge on any atom is -0.487 e. The van der Waals surface area contributed by atoms with Crippen molar-refractivity contribution >= 4 is 32.4 Å². The topological polar surface area (TPSA) is 110 Å². The van der Waals surface area contributed by atoms with Gasteiger partial charge in [0.1, 0.15) is 11.4 Å². The molecule has 1 unspecified atom stereocenters. The van der Waals surface area contributed by atoms with Gasteiger partial charge in [0.05, 0.1) is 6.04 Å². The summed E-state index contributed by atoms with van der Waals surface area (Å²) in [5, 5.41) is 10.3. The van der Waals surface area contributed by atoms with Gasteiger partial charge in [-0.15, -0.1) is 10.2 Å². The Morgan fingerprint density at radius 3 is 2.61 bits per heavy atom. The van der Waals surface area contributed by atoms with E-state index in [1.54, 1.807) is 20.8 Å². The number of carbonyl (C=O) groups excluding carboxylic acids is 1. The highest BCUT2D eigenvalue weighted by atomic mass is 32.2. The fourth-order valence-corrected chi connectivity index (χ4v) is 4.92. The number of benzene rings is 1. The molecule has 2 aromatic rings. The average Bonchev–Trinajstić information content (AvgIpc) is 3.02. The summed E-state index contributed by atoms with van der Waals surface area (Å²) in [4.78, 5) is 12.1. The average molecular weight is 425 g/mol. The van der Waals surface area contributed by atoms with Crippen molar-refractivity contribution in [2.24, 2.45) is 5.41 Å². The largest absolute Gasteiger partial charge is 0.487 e. The van der Waals surface area contributed by atoms with Gasteiger partial charge >= 0.3 is 0 Å². The number of hydrogen-bond acceptors (Lipinski definition) is 7. The van der Waals surface area contributed by atoms with Crippen molar-refractivity contribution in [2.45, 2.75) is 57.0 Å². The molecule has 0 fully saturated rings. The molecule has 3 rings (SSSR count). The number of sulfonamides is 1. The molecule has 0 aliphatic carbocycles. The smallest absolute Gasteiger partial charge is 0.270 e. The number of aromatic nitrogens is 2. The van der Waals surface area contributed by atoms with Gasteiger partial charge in [0.15, 0.2) is 0 Å². The van der Waals surface area contributed by atoms with E-state index in [1.165, 1.54) is 0 Å². The first-order chi connectivity index (χ1) is 12.9. The van der Waals surface area contributed by atoms with E-state index < -0.39 is 27.1 Å². The lowest BCUT2D eigenvalue weighted by Crippen LogP contribution is -2.41. The Kier molecular flexibility index (Phi) is 5.24. The SMILES string of the molecule is CC1(C)CC(NS(=O)(=O)c2nnc(NC(=O)C(C)(C)C)s2)c2ccccc2O1. The van der Waals surface area contributed by atoms with Crippen LogP contribution < -0.4 is 14.8 Å². The third-order valence-corrected chi connectivity index (χ3v) is 6.89. The van der Waals surface area contributed by atoms with Gasteiger partial charge in [-0.25, -0.2) is 13.1 Å². The molecule has 0 radical (unpaired) electrons. The molecule has 0 saturated heterocycles. The van der Waals surface area contributed by atoms with E-state index in [-0.39, 0.29) is 15.4 Å². The van der Waals surface area contributed by atoms with Crippen molar-refractivity contribution in [2.75, 3.05) is 5.32 Å². The van der Waals surface area contributed by atoms with Gasteiger partial charge in [-0.05, 0) is 19.9 Å². The maximum atomic E-state index is 12.9. The lowest BCUT2D eigenvalue weighted by Gasteiger charge is -2.37. The number of rotatable bonds is 4. The Bertz CT molecular complexity index is 993. The molecule has 28 heavy (non-hydrogen) atoms. The zero-order valence-corrected chi connectivity index (χ0v) is 18.1. The molecule has 8 nitrogen and oxygen atoms in total. The van der Waals surface area contributed by atoms with Gasteiger partial charge in [0.25, 0.3) is 10.0 Å². The van der Waals surface area contributed by atoms with E-state index in [9.17, 15) is 13.2 Å². The number of amides is 1. The molecule has 2 N–H and O–H groups in total. The number of hydrogen-bond donors (Lipinski definition) is 2. The highest BCUT2D eigenvalue weighted by molar-refractivity contribution is 7.91. The molecule has 0 saturated carbocycles. The summed E-state index contributed by atoms with van der Waals surface area (Å²) in [5.41, 5.74) is -0.370. The van der Waals surface area contributed by atoms with Crippen molar-refractivity contribution in [3.8, 4) is 5.75 Å². The Morgan fingerprint density at radius 1 is 1.25 bits per heavy atom. The second-order valence-corrected chi connectivity index (χ2v) is 11.2. The van der Waals surface area contributed by atoms with Gasteiger partial charge in [-0.2, -0.15) is 0 Å². The first-order valence-corrected chi connectivity index (χ1v) is 11.1. The summed E-state index contributed by atoms with van der Waals surface area (Å²) in [7, 11) is -3.92. The van der Waals surface area contributed by atoms with Gasteiger partial charge < -0.3 is 10.1 Å². The molecule has 10 heteroatoms. The Morgan fingerprint density at radius 2 is 1.93 bits per heavy atom.